The van der Waals surface area contributed by atoms with Crippen molar-refractivity contribution in [1.82, 2.24) is 19.7 Å². The third-order valence-corrected chi connectivity index (χ3v) is 7.16. The number of thioether (sulfide) groups is 1. The molecule has 0 radical (unpaired) electrons. The van der Waals surface area contributed by atoms with Crippen LogP contribution in [0, 0.1) is 6.92 Å². The number of thiazole rings is 1. The summed E-state index contributed by atoms with van der Waals surface area (Å²) in [5, 5.41) is 13.0. The van der Waals surface area contributed by atoms with Gasteiger partial charge in [0.2, 0.25) is 5.91 Å². The van der Waals surface area contributed by atoms with Gasteiger partial charge in [0.1, 0.15) is 16.6 Å². The minimum absolute atomic E-state index is 0.117. The van der Waals surface area contributed by atoms with Gasteiger partial charge in [-0.25, -0.2) is 4.98 Å². The van der Waals surface area contributed by atoms with Gasteiger partial charge in [-0.05, 0) is 55.5 Å². The first-order chi connectivity index (χ1) is 16.6. The van der Waals surface area contributed by atoms with E-state index in [1.807, 2.05) is 78.2 Å². The maximum Gasteiger partial charge on any atom is 0.234 e. The van der Waals surface area contributed by atoms with E-state index in [0.717, 1.165) is 43.7 Å². The van der Waals surface area contributed by atoms with E-state index >= 15 is 0 Å². The summed E-state index contributed by atoms with van der Waals surface area (Å²) in [6, 6.07) is 23.5. The fourth-order valence-corrected chi connectivity index (χ4v) is 5.28. The predicted octanol–water partition coefficient (Wildman–Crippen LogP) is 5.59. The van der Waals surface area contributed by atoms with Gasteiger partial charge in [-0.15, -0.1) is 21.5 Å². The smallest absolute Gasteiger partial charge is 0.234 e. The molecule has 2 heterocycles. The zero-order chi connectivity index (χ0) is 23.5. The predicted molar refractivity (Wildman–Crippen MR) is 137 cm³/mol. The highest BCUT2D eigenvalue weighted by molar-refractivity contribution is 7.99. The number of nitrogens with one attached hydrogen (secondary N) is 1. The zero-order valence-corrected chi connectivity index (χ0v) is 20.2. The molecular weight excluding hydrogens is 466 g/mol. The van der Waals surface area contributed by atoms with Gasteiger partial charge < -0.3 is 10.1 Å². The molecule has 1 N–H and O–H groups in total. The molecule has 0 unspecified atom stereocenters. The number of rotatable bonds is 7. The van der Waals surface area contributed by atoms with Crippen molar-refractivity contribution in [3.05, 3.63) is 78.6 Å². The summed E-state index contributed by atoms with van der Waals surface area (Å²) < 4.78 is 8.29. The van der Waals surface area contributed by atoms with Crippen LogP contribution in [0.2, 0.25) is 0 Å². The van der Waals surface area contributed by atoms with Crippen LogP contribution in [0.4, 0.5) is 5.69 Å². The number of ether oxygens (including phenoxy) is 1. The van der Waals surface area contributed by atoms with Crippen molar-refractivity contribution >= 4 is 44.9 Å². The van der Waals surface area contributed by atoms with Crippen molar-refractivity contribution in [2.24, 2.45) is 0 Å². The molecule has 5 aromatic rings. The number of carbonyl (C=O) groups excluding carboxylic acids is 1. The minimum atomic E-state index is -0.117. The number of nitrogens with zero attached hydrogens (tertiary/aromatic N) is 4. The summed E-state index contributed by atoms with van der Waals surface area (Å²) in [6.07, 6.45) is 0. The molecule has 5 rings (SSSR count). The number of hydrogen-bond acceptors (Lipinski definition) is 7. The molecule has 0 fully saturated rings. The van der Waals surface area contributed by atoms with E-state index in [2.05, 4.69) is 21.6 Å². The number of anilines is 1. The average molecular weight is 488 g/mol. The Hall–Kier alpha value is -3.69. The number of aromatic nitrogens is 4. The fourth-order valence-electron chi connectivity index (χ4n) is 3.52. The Kier molecular flexibility index (Phi) is 6.29. The average Bonchev–Trinajstić information content (AvgIpc) is 3.46. The molecule has 34 heavy (non-hydrogen) atoms. The maximum absolute atomic E-state index is 12.7. The monoisotopic (exact) mass is 487 g/mol. The van der Waals surface area contributed by atoms with Crippen molar-refractivity contribution in [3.8, 4) is 22.0 Å². The highest BCUT2D eigenvalue weighted by atomic mass is 32.2. The molecule has 0 saturated heterocycles. The Morgan fingerprint density at radius 3 is 2.68 bits per heavy atom. The van der Waals surface area contributed by atoms with Crippen LogP contribution in [0.1, 0.15) is 5.82 Å². The second-order valence-electron chi connectivity index (χ2n) is 7.47. The van der Waals surface area contributed by atoms with Gasteiger partial charge in [0.25, 0.3) is 0 Å². The lowest BCUT2D eigenvalue weighted by Gasteiger charge is -2.10. The summed E-state index contributed by atoms with van der Waals surface area (Å²) in [5.74, 6) is 1.61. The first kappa shape index (κ1) is 22.1. The quantitative estimate of drug-likeness (QED) is 0.301. The van der Waals surface area contributed by atoms with Crippen LogP contribution >= 0.6 is 23.1 Å². The van der Waals surface area contributed by atoms with E-state index in [1.54, 1.807) is 18.4 Å². The van der Waals surface area contributed by atoms with E-state index in [9.17, 15) is 4.79 Å². The molecule has 0 aliphatic heterocycles. The van der Waals surface area contributed by atoms with E-state index in [0.29, 0.717) is 5.16 Å². The van der Waals surface area contributed by atoms with E-state index in [-0.39, 0.29) is 11.7 Å². The van der Waals surface area contributed by atoms with Crippen LogP contribution < -0.4 is 10.1 Å². The first-order valence-electron chi connectivity index (χ1n) is 10.6. The molecule has 170 valence electrons. The van der Waals surface area contributed by atoms with E-state index < -0.39 is 0 Å². The Bertz CT molecular complexity index is 1430. The third-order valence-electron chi connectivity index (χ3n) is 5.15. The molecule has 0 atom stereocenters. The molecule has 0 spiro atoms. The molecule has 0 bridgehead atoms. The van der Waals surface area contributed by atoms with Crippen molar-refractivity contribution < 1.29 is 9.53 Å². The Balaban J connectivity index is 1.27. The standard InChI is InChI=1S/C25H21N5O2S2/c1-16-28-29-25(30(16)19-10-12-20(32-2)13-11-19)33-15-23(31)26-18-7-5-6-17(14-18)24-27-21-8-3-4-9-22(21)34-24/h3-14H,15H2,1-2H3,(H,26,31). The van der Waals surface area contributed by atoms with Gasteiger partial charge >= 0.3 is 0 Å². The second kappa shape index (κ2) is 9.66. The SMILES string of the molecule is COc1ccc(-n2c(C)nnc2SCC(=O)Nc2cccc(-c3nc4ccccc4s3)c2)cc1. The number of para-hydroxylation sites is 1. The number of amides is 1. The van der Waals surface area contributed by atoms with Gasteiger partial charge in [0.05, 0.1) is 23.1 Å². The molecule has 1 amide bonds. The maximum atomic E-state index is 12.7. The van der Waals surface area contributed by atoms with Crippen LogP contribution in [0.15, 0.2) is 78.0 Å². The largest absolute Gasteiger partial charge is 0.497 e. The van der Waals surface area contributed by atoms with Crippen LogP contribution in [-0.4, -0.2) is 38.5 Å². The summed E-state index contributed by atoms with van der Waals surface area (Å²) >= 11 is 2.98. The summed E-state index contributed by atoms with van der Waals surface area (Å²) in [4.78, 5) is 17.4. The van der Waals surface area contributed by atoms with Crippen LogP contribution in [0.5, 0.6) is 5.75 Å². The van der Waals surface area contributed by atoms with Crippen LogP contribution in [-0.2, 0) is 4.79 Å². The van der Waals surface area contributed by atoms with Crippen molar-refractivity contribution in [2.45, 2.75) is 12.1 Å². The molecule has 0 aliphatic rings. The molecule has 7 nitrogen and oxygen atoms in total. The molecular formula is C25H21N5O2S2. The number of benzene rings is 3. The van der Waals surface area contributed by atoms with E-state index in [1.165, 1.54) is 11.8 Å². The molecule has 2 aromatic heterocycles. The number of methoxy groups -OCH3 is 1. The normalized spacial score (nSPS) is 11.0. The molecule has 0 aliphatic carbocycles. The zero-order valence-electron chi connectivity index (χ0n) is 18.6. The van der Waals surface area contributed by atoms with Gasteiger partial charge in [-0.2, -0.15) is 0 Å². The highest BCUT2D eigenvalue weighted by Crippen LogP contribution is 2.31. The number of aryl methyl sites for hydroxylation is 1. The van der Waals surface area contributed by atoms with Gasteiger partial charge in [0.15, 0.2) is 5.16 Å². The lowest BCUT2D eigenvalue weighted by Crippen LogP contribution is -2.14. The van der Waals surface area contributed by atoms with Crippen LogP contribution in [0.25, 0.3) is 26.5 Å². The summed E-state index contributed by atoms with van der Waals surface area (Å²) in [6.45, 7) is 1.88. The summed E-state index contributed by atoms with van der Waals surface area (Å²) in [5.41, 5.74) is 3.59. The lowest BCUT2D eigenvalue weighted by atomic mass is 10.2. The summed E-state index contributed by atoms with van der Waals surface area (Å²) in [7, 11) is 1.63. The second-order valence-corrected chi connectivity index (χ2v) is 9.44. The van der Waals surface area contributed by atoms with Crippen molar-refractivity contribution in [3.63, 3.8) is 0 Å². The lowest BCUT2D eigenvalue weighted by molar-refractivity contribution is -0.113. The van der Waals surface area contributed by atoms with Crippen LogP contribution in [0.3, 0.4) is 0 Å². The Morgan fingerprint density at radius 2 is 1.88 bits per heavy atom. The van der Waals surface area contributed by atoms with Crippen molar-refractivity contribution in [2.75, 3.05) is 18.2 Å². The van der Waals surface area contributed by atoms with Gasteiger partial charge in [-0.1, -0.05) is 36.0 Å². The molecule has 0 saturated carbocycles. The molecule has 3 aromatic carbocycles. The Labute approximate surface area is 204 Å². The molecule has 9 heteroatoms. The first-order valence-corrected chi connectivity index (χ1v) is 12.4. The highest BCUT2D eigenvalue weighted by Gasteiger charge is 2.14. The van der Waals surface area contributed by atoms with Gasteiger partial charge in [0, 0.05) is 16.9 Å². The van der Waals surface area contributed by atoms with Crippen molar-refractivity contribution in [1.29, 1.82) is 0 Å². The topological polar surface area (TPSA) is 81.9 Å². The minimum Gasteiger partial charge on any atom is -0.497 e. The number of fused-ring (bicyclic) bond motifs is 1. The van der Waals surface area contributed by atoms with E-state index in [4.69, 9.17) is 9.72 Å². The fraction of sp³-hybridized carbons (Fsp3) is 0.120. The number of hydrogen-bond donors (Lipinski definition) is 1. The Morgan fingerprint density at radius 1 is 1.06 bits per heavy atom. The third kappa shape index (κ3) is 4.66. The number of carbonyl (C=O) groups is 1. The van der Waals surface area contributed by atoms with Gasteiger partial charge in [-0.3, -0.25) is 9.36 Å².